The maximum Gasteiger partial charge on any atom is 0.224 e. The molecule has 23 heavy (non-hydrogen) atoms. The lowest BCUT2D eigenvalue weighted by Crippen LogP contribution is -2.10. The number of nitrogens with one attached hydrogen (secondary N) is 1. The molecular formula is C18H18BrN3O. The zero-order chi connectivity index (χ0) is 16.2. The summed E-state index contributed by atoms with van der Waals surface area (Å²) in [5.41, 5.74) is 3.66. The Kier molecular flexibility index (Phi) is 4.76. The van der Waals surface area contributed by atoms with Crippen LogP contribution in [0, 0.1) is 0 Å². The van der Waals surface area contributed by atoms with Gasteiger partial charge in [0.05, 0.1) is 5.69 Å². The van der Waals surface area contributed by atoms with Crippen molar-refractivity contribution in [1.29, 1.82) is 0 Å². The van der Waals surface area contributed by atoms with Gasteiger partial charge in [0.15, 0.2) is 0 Å². The minimum Gasteiger partial charge on any atom is -0.326 e. The van der Waals surface area contributed by atoms with Gasteiger partial charge < -0.3 is 9.72 Å². The Bertz CT molecular complexity index is 824. The Morgan fingerprint density at radius 1 is 1.17 bits per heavy atom. The van der Waals surface area contributed by atoms with Crippen LogP contribution < -0.4 is 5.32 Å². The van der Waals surface area contributed by atoms with Crippen molar-refractivity contribution in [2.75, 3.05) is 5.32 Å². The van der Waals surface area contributed by atoms with Crippen LogP contribution in [-0.4, -0.2) is 15.3 Å². The molecule has 1 N–H and O–H groups in total. The number of anilines is 1. The van der Waals surface area contributed by atoms with Crippen LogP contribution in [0.3, 0.4) is 0 Å². The summed E-state index contributed by atoms with van der Waals surface area (Å²) in [7, 11) is 0. The Morgan fingerprint density at radius 3 is 2.70 bits per heavy atom. The average Bonchev–Trinajstić information content (AvgIpc) is 2.96. The molecule has 0 saturated carbocycles. The van der Waals surface area contributed by atoms with E-state index in [0.29, 0.717) is 6.42 Å². The van der Waals surface area contributed by atoms with Crippen LogP contribution >= 0.6 is 15.9 Å². The summed E-state index contributed by atoms with van der Waals surface area (Å²) >= 11 is 3.46. The number of amides is 1. The molecule has 3 rings (SSSR count). The van der Waals surface area contributed by atoms with E-state index in [1.807, 2.05) is 53.2 Å². The fraction of sp³-hybridized carbons (Fsp3) is 0.222. The largest absolute Gasteiger partial charge is 0.326 e. The molecule has 1 aromatic carbocycles. The fourth-order valence-corrected chi connectivity index (χ4v) is 2.74. The van der Waals surface area contributed by atoms with Gasteiger partial charge in [-0.2, -0.15) is 0 Å². The molecule has 2 heterocycles. The van der Waals surface area contributed by atoms with Crippen molar-refractivity contribution in [1.82, 2.24) is 9.38 Å². The summed E-state index contributed by atoms with van der Waals surface area (Å²) in [4.78, 5) is 16.4. The summed E-state index contributed by atoms with van der Waals surface area (Å²) in [5.74, 6) is 0.0668. The lowest BCUT2D eigenvalue weighted by Gasteiger charge is -2.05. The number of rotatable bonds is 5. The summed E-state index contributed by atoms with van der Waals surface area (Å²) < 4.78 is 3.00. The van der Waals surface area contributed by atoms with E-state index in [4.69, 9.17) is 0 Å². The lowest BCUT2D eigenvalue weighted by atomic mass is 10.1. The highest BCUT2D eigenvalue weighted by Crippen LogP contribution is 2.22. The van der Waals surface area contributed by atoms with Crippen LogP contribution in [0.4, 0.5) is 5.69 Å². The number of unbranched alkanes of at least 4 members (excludes halogenated alkanes) is 1. The van der Waals surface area contributed by atoms with E-state index in [2.05, 4.69) is 33.2 Å². The van der Waals surface area contributed by atoms with Crippen LogP contribution in [0.25, 0.3) is 16.9 Å². The number of aromatic nitrogens is 2. The highest BCUT2D eigenvalue weighted by atomic mass is 79.9. The van der Waals surface area contributed by atoms with Gasteiger partial charge in [0.1, 0.15) is 5.65 Å². The van der Waals surface area contributed by atoms with Gasteiger partial charge in [0, 0.05) is 34.5 Å². The van der Waals surface area contributed by atoms with Crippen molar-refractivity contribution in [3.63, 3.8) is 0 Å². The normalized spacial score (nSPS) is 10.9. The quantitative estimate of drug-likeness (QED) is 0.693. The number of nitrogens with zero attached hydrogens (tertiary/aromatic N) is 2. The van der Waals surface area contributed by atoms with E-state index < -0.39 is 0 Å². The first-order chi connectivity index (χ1) is 11.2. The predicted molar refractivity (Wildman–Crippen MR) is 96.5 cm³/mol. The van der Waals surface area contributed by atoms with Crippen LogP contribution in [-0.2, 0) is 4.79 Å². The maximum absolute atomic E-state index is 11.7. The third-order valence-electron chi connectivity index (χ3n) is 3.64. The molecule has 0 saturated heterocycles. The average molecular weight is 372 g/mol. The summed E-state index contributed by atoms with van der Waals surface area (Å²) in [5, 5.41) is 2.92. The van der Waals surface area contributed by atoms with Gasteiger partial charge in [-0.05, 0) is 46.6 Å². The SMILES string of the molecule is CCCCC(=O)Nc1ccc(-c2cn3cc(Br)ccc3n2)cc1. The zero-order valence-corrected chi connectivity index (χ0v) is 14.5. The van der Waals surface area contributed by atoms with E-state index in [1.165, 1.54) is 0 Å². The van der Waals surface area contributed by atoms with Gasteiger partial charge in [0.25, 0.3) is 0 Å². The molecule has 0 spiro atoms. The minimum atomic E-state index is 0.0668. The van der Waals surface area contributed by atoms with Crippen LogP contribution in [0.2, 0.25) is 0 Å². The Balaban J connectivity index is 1.76. The van der Waals surface area contributed by atoms with E-state index in [1.54, 1.807) is 0 Å². The number of halogens is 1. The number of carbonyl (C=O) groups excluding carboxylic acids is 1. The van der Waals surface area contributed by atoms with Gasteiger partial charge in [0.2, 0.25) is 5.91 Å². The molecule has 1 amide bonds. The molecule has 0 aliphatic heterocycles. The first kappa shape index (κ1) is 15.7. The Morgan fingerprint density at radius 2 is 1.96 bits per heavy atom. The standard InChI is InChI=1S/C18H18BrN3O/c1-2-3-4-18(23)20-15-8-5-13(6-9-15)16-12-22-11-14(19)7-10-17(22)21-16/h5-12H,2-4H2,1H3,(H,20,23). The van der Waals surface area contributed by atoms with E-state index >= 15 is 0 Å². The topological polar surface area (TPSA) is 46.4 Å². The fourth-order valence-electron chi connectivity index (χ4n) is 2.39. The third-order valence-corrected chi connectivity index (χ3v) is 4.11. The zero-order valence-electron chi connectivity index (χ0n) is 12.9. The second-order valence-electron chi connectivity index (χ2n) is 5.47. The minimum absolute atomic E-state index is 0.0668. The van der Waals surface area contributed by atoms with Gasteiger partial charge >= 0.3 is 0 Å². The summed E-state index contributed by atoms with van der Waals surface area (Å²) in [6.07, 6.45) is 6.49. The van der Waals surface area contributed by atoms with Crippen molar-refractivity contribution in [3.05, 3.63) is 53.3 Å². The molecule has 2 aromatic heterocycles. The van der Waals surface area contributed by atoms with Crippen LogP contribution in [0.5, 0.6) is 0 Å². The molecule has 0 unspecified atom stereocenters. The molecule has 4 nitrogen and oxygen atoms in total. The number of hydrogen-bond acceptors (Lipinski definition) is 2. The molecular weight excluding hydrogens is 354 g/mol. The number of hydrogen-bond donors (Lipinski definition) is 1. The van der Waals surface area contributed by atoms with Crippen molar-refractivity contribution < 1.29 is 4.79 Å². The van der Waals surface area contributed by atoms with Crippen molar-refractivity contribution in [2.45, 2.75) is 26.2 Å². The van der Waals surface area contributed by atoms with Gasteiger partial charge in [-0.15, -0.1) is 0 Å². The predicted octanol–water partition coefficient (Wildman–Crippen LogP) is 4.89. The molecule has 0 atom stereocenters. The Labute approximate surface area is 143 Å². The number of carbonyl (C=O) groups is 1. The van der Waals surface area contributed by atoms with Gasteiger partial charge in [-0.25, -0.2) is 4.98 Å². The number of imidazole rings is 1. The van der Waals surface area contributed by atoms with Crippen molar-refractivity contribution >= 4 is 33.2 Å². The highest BCUT2D eigenvalue weighted by molar-refractivity contribution is 9.10. The highest BCUT2D eigenvalue weighted by Gasteiger charge is 2.06. The molecule has 0 aliphatic rings. The summed E-state index contributed by atoms with van der Waals surface area (Å²) in [6, 6.07) is 11.7. The molecule has 0 fully saturated rings. The molecule has 0 bridgehead atoms. The molecule has 0 radical (unpaired) electrons. The number of fused-ring (bicyclic) bond motifs is 1. The smallest absolute Gasteiger partial charge is 0.224 e. The monoisotopic (exact) mass is 371 g/mol. The Hall–Kier alpha value is -2.14. The van der Waals surface area contributed by atoms with E-state index in [9.17, 15) is 4.79 Å². The second-order valence-corrected chi connectivity index (χ2v) is 6.38. The number of pyridine rings is 1. The third kappa shape index (κ3) is 3.79. The lowest BCUT2D eigenvalue weighted by molar-refractivity contribution is -0.116. The second kappa shape index (κ2) is 6.96. The van der Waals surface area contributed by atoms with Gasteiger partial charge in [-0.1, -0.05) is 25.5 Å². The molecule has 3 aromatic rings. The van der Waals surface area contributed by atoms with Crippen molar-refractivity contribution in [3.8, 4) is 11.3 Å². The maximum atomic E-state index is 11.7. The van der Waals surface area contributed by atoms with Crippen LogP contribution in [0.15, 0.2) is 53.3 Å². The van der Waals surface area contributed by atoms with E-state index in [0.717, 1.165) is 39.9 Å². The molecule has 5 heteroatoms. The van der Waals surface area contributed by atoms with Gasteiger partial charge in [-0.3, -0.25) is 4.79 Å². The van der Waals surface area contributed by atoms with E-state index in [-0.39, 0.29) is 5.91 Å². The first-order valence-corrected chi connectivity index (χ1v) is 8.49. The summed E-state index contributed by atoms with van der Waals surface area (Å²) in [6.45, 7) is 2.08. The molecule has 0 aliphatic carbocycles. The molecule has 118 valence electrons. The first-order valence-electron chi connectivity index (χ1n) is 7.70. The van der Waals surface area contributed by atoms with Crippen LogP contribution in [0.1, 0.15) is 26.2 Å². The van der Waals surface area contributed by atoms with Crippen molar-refractivity contribution in [2.24, 2.45) is 0 Å². The number of benzene rings is 1.